The van der Waals surface area contributed by atoms with Crippen LogP contribution in [-0.2, 0) is 13.1 Å². The van der Waals surface area contributed by atoms with Gasteiger partial charge in [0, 0.05) is 18.8 Å². The lowest BCUT2D eigenvalue weighted by Gasteiger charge is -2.04. The molecule has 0 bridgehead atoms. The Balaban J connectivity index is 2.34. The lowest BCUT2D eigenvalue weighted by molar-refractivity contribution is 0.579. The zero-order valence-corrected chi connectivity index (χ0v) is 8.75. The van der Waals surface area contributed by atoms with Gasteiger partial charge in [-0.1, -0.05) is 0 Å². The average Bonchev–Trinajstić information content (AvgIpc) is 2.69. The van der Waals surface area contributed by atoms with Crippen LogP contribution in [0.4, 0.5) is 0 Å². The maximum atomic E-state index is 11.4. The van der Waals surface area contributed by atoms with Gasteiger partial charge in [0.2, 0.25) is 0 Å². The Morgan fingerprint density at radius 1 is 1.44 bits per heavy atom. The highest BCUT2D eigenvalue weighted by Gasteiger charge is 2.04. The normalized spacial score (nSPS) is 10.6. The molecule has 84 valence electrons. The van der Waals surface area contributed by atoms with Crippen LogP contribution >= 0.6 is 0 Å². The second-order valence-corrected chi connectivity index (χ2v) is 3.23. The fraction of sp³-hybridized carbons (Fsp3) is 0.333. The predicted molar refractivity (Wildman–Crippen MR) is 56.1 cm³/mol. The minimum atomic E-state index is -0.446. The monoisotopic (exact) mass is 221 g/mol. The molecular formula is C9H11N5O2. The number of H-pyrrole nitrogens is 1. The fourth-order valence-electron chi connectivity index (χ4n) is 1.40. The number of aromatic nitrogens is 5. The van der Waals surface area contributed by atoms with Crippen molar-refractivity contribution in [2.24, 2.45) is 0 Å². The number of aromatic amines is 1. The van der Waals surface area contributed by atoms with Gasteiger partial charge in [-0.15, -0.1) is 0 Å². The molecule has 16 heavy (non-hydrogen) atoms. The van der Waals surface area contributed by atoms with E-state index in [0.29, 0.717) is 18.9 Å². The van der Waals surface area contributed by atoms with E-state index in [9.17, 15) is 9.59 Å². The topological polar surface area (TPSA) is 85.6 Å². The van der Waals surface area contributed by atoms with E-state index in [2.05, 4.69) is 15.1 Å². The van der Waals surface area contributed by atoms with Crippen molar-refractivity contribution in [3.8, 4) is 0 Å². The zero-order chi connectivity index (χ0) is 11.5. The lowest BCUT2D eigenvalue weighted by Crippen LogP contribution is -2.29. The molecule has 0 aliphatic rings. The lowest BCUT2D eigenvalue weighted by atomic mass is 10.5. The summed E-state index contributed by atoms with van der Waals surface area (Å²) in [5.74, 6) is 0.677. The van der Waals surface area contributed by atoms with Gasteiger partial charge in [0.1, 0.15) is 12.2 Å². The SMILES string of the molecule is CCn1ncnc1Cn1ccc(=O)[nH]c1=O. The van der Waals surface area contributed by atoms with Crippen molar-refractivity contribution < 1.29 is 0 Å². The fourth-order valence-corrected chi connectivity index (χ4v) is 1.40. The highest BCUT2D eigenvalue weighted by molar-refractivity contribution is 4.90. The first kappa shape index (κ1) is 10.3. The summed E-state index contributed by atoms with van der Waals surface area (Å²) in [6, 6.07) is 1.30. The predicted octanol–water partition coefficient (Wildman–Crippen LogP) is -0.804. The standard InChI is InChI=1S/C9H11N5O2/c1-2-14-7(10-6-11-14)5-13-4-3-8(15)12-9(13)16/h3-4,6H,2,5H2,1H3,(H,12,15,16). The second kappa shape index (κ2) is 4.13. The van der Waals surface area contributed by atoms with Crippen molar-refractivity contribution in [1.82, 2.24) is 24.3 Å². The number of nitrogens with one attached hydrogen (secondary N) is 1. The van der Waals surface area contributed by atoms with E-state index in [0.717, 1.165) is 0 Å². The Morgan fingerprint density at radius 3 is 2.94 bits per heavy atom. The Labute approximate surface area is 90.4 Å². The molecule has 0 atom stereocenters. The number of hydrogen-bond donors (Lipinski definition) is 1. The molecule has 0 saturated heterocycles. The van der Waals surface area contributed by atoms with Crippen molar-refractivity contribution in [3.05, 3.63) is 45.3 Å². The number of nitrogens with zero attached hydrogens (tertiary/aromatic N) is 4. The molecule has 0 fully saturated rings. The minimum Gasteiger partial charge on any atom is -0.293 e. The third kappa shape index (κ3) is 1.92. The molecule has 2 rings (SSSR count). The molecule has 2 aromatic rings. The van der Waals surface area contributed by atoms with Gasteiger partial charge < -0.3 is 0 Å². The molecule has 0 unspecified atom stereocenters. The van der Waals surface area contributed by atoms with Gasteiger partial charge in [-0.2, -0.15) is 5.10 Å². The maximum Gasteiger partial charge on any atom is 0.328 e. The van der Waals surface area contributed by atoms with Gasteiger partial charge in [-0.3, -0.25) is 14.3 Å². The molecule has 0 spiro atoms. The van der Waals surface area contributed by atoms with Gasteiger partial charge in [0.15, 0.2) is 0 Å². The van der Waals surface area contributed by atoms with Crippen molar-refractivity contribution >= 4 is 0 Å². The summed E-state index contributed by atoms with van der Waals surface area (Å²) in [7, 11) is 0. The quantitative estimate of drug-likeness (QED) is 0.735. The van der Waals surface area contributed by atoms with Crippen LogP contribution in [0.15, 0.2) is 28.2 Å². The highest BCUT2D eigenvalue weighted by atomic mass is 16.2. The summed E-state index contributed by atoms with van der Waals surface area (Å²) in [5.41, 5.74) is -0.851. The number of rotatable bonds is 3. The molecule has 7 nitrogen and oxygen atoms in total. The van der Waals surface area contributed by atoms with Crippen LogP contribution in [0.2, 0.25) is 0 Å². The van der Waals surface area contributed by atoms with Crippen molar-refractivity contribution in [1.29, 1.82) is 0 Å². The third-order valence-corrected chi connectivity index (χ3v) is 2.20. The van der Waals surface area contributed by atoms with Crippen LogP contribution < -0.4 is 11.2 Å². The molecule has 2 aromatic heterocycles. The van der Waals surface area contributed by atoms with E-state index in [1.54, 1.807) is 4.68 Å². The largest absolute Gasteiger partial charge is 0.328 e. The highest BCUT2D eigenvalue weighted by Crippen LogP contribution is 1.95. The first-order chi connectivity index (χ1) is 7.70. The van der Waals surface area contributed by atoms with Gasteiger partial charge in [0.05, 0.1) is 6.54 Å². The van der Waals surface area contributed by atoms with E-state index >= 15 is 0 Å². The zero-order valence-electron chi connectivity index (χ0n) is 8.75. The Hall–Kier alpha value is -2.18. The van der Waals surface area contributed by atoms with Crippen LogP contribution in [0.5, 0.6) is 0 Å². The molecule has 0 aliphatic heterocycles. The van der Waals surface area contributed by atoms with Crippen LogP contribution in [0, 0.1) is 0 Å². The van der Waals surface area contributed by atoms with Gasteiger partial charge in [0.25, 0.3) is 5.56 Å². The van der Waals surface area contributed by atoms with Gasteiger partial charge in [-0.25, -0.2) is 14.5 Å². The van der Waals surface area contributed by atoms with E-state index in [1.165, 1.54) is 23.2 Å². The van der Waals surface area contributed by atoms with Crippen molar-refractivity contribution in [3.63, 3.8) is 0 Å². The number of hydrogen-bond acceptors (Lipinski definition) is 4. The summed E-state index contributed by atoms with van der Waals surface area (Å²) in [6.07, 6.45) is 2.88. The summed E-state index contributed by atoms with van der Waals surface area (Å²) in [6.45, 7) is 2.92. The van der Waals surface area contributed by atoms with Crippen molar-refractivity contribution in [2.45, 2.75) is 20.0 Å². The molecule has 0 amide bonds. The second-order valence-electron chi connectivity index (χ2n) is 3.23. The third-order valence-electron chi connectivity index (χ3n) is 2.20. The Bertz CT molecular complexity index is 594. The summed E-state index contributed by atoms with van der Waals surface area (Å²) >= 11 is 0. The summed E-state index contributed by atoms with van der Waals surface area (Å²) < 4.78 is 3.06. The van der Waals surface area contributed by atoms with E-state index in [-0.39, 0.29) is 0 Å². The molecule has 2 heterocycles. The first-order valence-electron chi connectivity index (χ1n) is 4.87. The molecule has 0 radical (unpaired) electrons. The van der Waals surface area contributed by atoms with E-state index in [4.69, 9.17) is 0 Å². The molecule has 0 aliphatic carbocycles. The molecular weight excluding hydrogens is 210 g/mol. The molecule has 7 heteroatoms. The molecule has 1 N–H and O–H groups in total. The van der Waals surface area contributed by atoms with Crippen LogP contribution in [-0.4, -0.2) is 24.3 Å². The number of aryl methyl sites for hydroxylation is 1. The van der Waals surface area contributed by atoms with Crippen LogP contribution in [0.1, 0.15) is 12.7 Å². The Morgan fingerprint density at radius 2 is 2.25 bits per heavy atom. The molecule has 0 saturated carbocycles. The average molecular weight is 221 g/mol. The maximum absolute atomic E-state index is 11.4. The van der Waals surface area contributed by atoms with Gasteiger partial charge in [-0.05, 0) is 6.92 Å². The molecule has 0 aromatic carbocycles. The van der Waals surface area contributed by atoms with Gasteiger partial charge >= 0.3 is 5.69 Å². The first-order valence-corrected chi connectivity index (χ1v) is 4.87. The van der Waals surface area contributed by atoms with E-state index in [1.807, 2.05) is 6.92 Å². The summed E-state index contributed by atoms with van der Waals surface area (Å²) in [5, 5.41) is 4.00. The van der Waals surface area contributed by atoms with Crippen LogP contribution in [0.3, 0.4) is 0 Å². The van der Waals surface area contributed by atoms with E-state index < -0.39 is 11.2 Å². The smallest absolute Gasteiger partial charge is 0.293 e. The van der Waals surface area contributed by atoms with Crippen LogP contribution in [0.25, 0.3) is 0 Å². The Kier molecular flexibility index (Phi) is 2.67. The summed E-state index contributed by atoms with van der Waals surface area (Å²) in [4.78, 5) is 28.5. The van der Waals surface area contributed by atoms with Crippen molar-refractivity contribution in [2.75, 3.05) is 0 Å². The minimum absolute atomic E-state index is 0.295.